The molecule has 0 spiro atoms. The number of benzene rings is 1. The maximum atomic E-state index is 14.4. The molecule has 3 rings (SSSR count). The molecule has 0 unspecified atom stereocenters. The van der Waals surface area contributed by atoms with Crippen LogP contribution in [0.2, 0.25) is 0 Å². The van der Waals surface area contributed by atoms with E-state index in [1.165, 1.54) is 12.1 Å². The van der Waals surface area contributed by atoms with E-state index in [-0.39, 0.29) is 29.8 Å². The fraction of sp³-hybridized carbons (Fsp3) is 0.619. The van der Waals surface area contributed by atoms with Gasteiger partial charge in [0.1, 0.15) is 17.5 Å². The molecule has 1 heterocycles. The molecule has 1 aromatic carbocycles. The standard InChI is InChI=1S/C21H31BFN3O5/c1-21(2,3)31-20(28)26-15-8-6-13(9-15)18(26)19(27)25-17(24-4)10-12-5-7-14(22(29)30)11-16(12)23/h5,7,11,13,15,17-18,24,29-30H,6,8-10H2,1-4H3,(H,25,27)/t13-,15+,17-,18-/m0/s1. The number of rotatable bonds is 6. The van der Waals surface area contributed by atoms with Crippen LogP contribution in [0, 0.1) is 11.7 Å². The van der Waals surface area contributed by atoms with E-state index in [4.69, 9.17) is 4.74 Å². The topological polar surface area (TPSA) is 111 Å². The van der Waals surface area contributed by atoms with Crippen LogP contribution < -0.4 is 16.1 Å². The Bertz CT molecular complexity index is 832. The first kappa shape index (κ1) is 23.5. The van der Waals surface area contributed by atoms with E-state index < -0.39 is 36.8 Å². The van der Waals surface area contributed by atoms with Gasteiger partial charge in [-0.2, -0.15) is 0 Å². The molecule has 0 radical (unpaired) electrons. The van der Waals surface area contributed by atoms with Gasteiger partial charge in [0, 0.05) is 12.5 Å². The Morgan fingerprint density at radius 2 is 2.03 bits per heavy atom. The van der Waals surface area contributed by atoms with Crippen LogP contribution >= 0.6 is 0 Å². The second kappa shape index (κ2) is 9.14. The van der Waals surface area contributed by atoms with Crippen LogP contribution in [-0.4, -0.2) is 65.0 Å². The zero-order valence-electron chi connectivity index (χ0n) is 18.4. The van der Waals surface area contributed by atoms with E-state index in [1.54, 1.807) is 32.7 Å². The number of ether oxygens (including phenoxy) is 1. The lowest BCUT2D eigenvalue weighted by molar-refractivity contribution is -0.128. The van der Waals surface area contributed by atoms with Gasteiger partial charge < -0.3 is 25.4 Å². The third-order valence-electron chi connectivity index (χ3n) is 5.92. The summed E-state index contributed by atoms with van der Waals surface area (Å²) in [5, 5.41) is 24.2. The first-order chi connectivity index (χ1) is 14.5. The smallest absolute Gasteiger partial charge is 0.444 e. The van der Waals surface area contributed by atoms with Crippen molar-refractivity contribution in [1.29, 1.82) is 0 Å². The number of piperidine rings is 1. The van der Waals surface area contributed by atoms with E-state index in [9.17, 15) is 24.0 Å². The summed E-state index contributed by atoms with van der Waals surface area (Å²) >= 11 is 0. The van der Waals surface area contributed by atoms with Crippen LogP contribution in [0.1, 0.15) is 45.6 Å². The molecule has 2 bridgehead atoms. The van der Waals surface area contributed by atoms with Crippen LogP contribution in [0.15, 0.2) is 18.2 Å². The fourth-order valence-corrected chi connectivity index (χ4v) is 4.49. The number of fused-ring (bicyclic) bond motifs is 2. The van der Waals surface area contributed by atoms with Crippen LogP contribution in [0.5, 0.6) is 0 Å². The second-order valence-corrected chi connectivity index (χ2v) is 9.34. The minimum atomic E-state index is -1.75. The molecular formula is C21H31BFN3O5. The minimum Gasteiger partial charge on any atom is -0.444 e. The van der Waals surface area contributed by atoms with Crippen molar-refractivity contribution in [2.24, 2.45) is 5.92 Å². The molecule has 8 nitrogen and oxygen atoms in total. The Balaban J connectivity index is 1.70. The molecular weight excluding hydrogens is 404 g/mol. The Kier molecular flexibility index (Phi) is 6.93. The molecule has 1 saturated carbocycles. The number of likely N-dealkylation sites (tertiary alicyclic amines) is 1. The molecule has 4 N–H and O–H groups in total. The van der Waals surface area contributed by atoms with Crippen LogP contribution in [0.4, 0.5) is 9.18 Å². The third kappa shape index (κ3) is 5.37. The first-order valence-electron chi connectivity index (χ1n) is 10.6. The Hall–Kier alpha value is -2.17. The zero-order chi connectivity index (χ0) is 22.9. The minimum absolute atomic E-state index is 0.00136. The van der Waals surface area contributed by atoms with Gasteiger partial charge in [-0.05, 0) is 70.1 Å². The van der Waals surface area contributed by atoms with Crippen molar-refractivity contribution in [2.75, 3.05) is 7.05 Å². The van der Waals surface area contributed by atoms with Gasteiger partial charge in [-0.1, -0.05) is 12.1 Å². The predicted molar refractivity (Wildman–Crippen MR) is 114 cm³/mol. The third-order valence-corrected chi connectivity index (χ3v) is 5.92. The molecule has 4 atom stereocenters. The molecule has 31 heavy (non-hydrogen) atoms. The van der Waals surface area contributed by atoms with Gasteiger partial charge in [-0.3, -0.25) is 9.69 Å². The molecule has 10 heteroatoms. The van der Waals surface area contributed by atoms with Crippen molar-refractivity contribution in [2.45, 2.75) is 70.3 Å². The van der Waals surface area contributed by atoms with Crippen LogP contribution in [0.3, 0.4) is 0 Å². The summed E-state index contributed by atoms with van der Waals surface area (Å²) in [5.74, 6) is -0.798. The van der Waals surface area contributed by atoms with Crippen molar-refractivity contribution < 1.29 is 28.8 Å². The molecule has 1 aliphatic carbocycles. The average molecular weight is 435 g/mol. The van der Waals surface area contributed by atoms with Gasteiger partial charge in [0.25, 0.3) is 0 Å². The first-order valence-corrected chi connectivity index (χ1v) is 10.6. The number of halogens is 1. The monoisotopic (exact) mass is 435 g/mol. The summed E-state index contributed by atoms with van der Waals surface area (Å²) in [6.07, 6.45) is 1.63. The summed E-state index contributed by atoms with van der Waals surface area (Å²) in [5.41, 5.74) is -0.276. The normalized spacial score (nSPS) is 23.6. The number of nitrogens with one attached hydrogen (secondary N) is 2. The molecule has 2 fully saturated rings. The molecule has 1 aromatic rings. The van der Waals surface area contributed by atoms with Gasteiger partial charge in [0.05, 0.1) is 6.17 Å². The SMILES string of the molecule is CN[C@H](Cc1ccc(B(O)O)cc1F)NC(=O)[C@@H]1[C@H]2CC[C@H](C2)N1C(=O)OC(C)(C)C. The lowest BCUT2D eigenvalue weighted by Gasteiger charge is -2.36. The number of nitrogens with zero attached hydrogens (tertiary/aromatic N) is 1. The van der Waals surface area contributed by atoms with E-state index in [0.717, 1.165) is 25.3 Å². The highest BCUT2D eigenvalue weighted by atomic mass is 19.1. The van der Waals surface area contributed by atoms with Gasteiger partial charge in [-0.15, -0.1) is 0 Å². The summed E-state index contributed by atoms with van der Waals surface area (Å²) in [4.78, 5) is 27.5. The number of hydrogen-bond donors (Lipinski definition) is 4. The number of carbonyl (C=O) groups is 2. The molecule has 0 aromatic heterocycles. The summed E-state index contributed by atoms with van der Waals surface area (Å²) in [6.45, 7) is 5.38. The van der Waals surface area contributed by atoms with Gasteiger partial charge in [0.15, 0.2) is 0 Å². The van der Waals surface area contributed by atoms with Crippen molar-refractivity contribution in [3.05, 3.63) is 29.6 Å². The maximum Gasteiger partial charge on any atom is 0.488 e. The Morgan fingerprint density at radius 3 is 2.61 bits per heavy atom. The quantitative estimate of drug-likeness (QED) is 0.383. The van der Waals surface area contributed by atoms with E-state index in [1.807, 2.05) is 0 Å². The van der Waals surface area contributed by atoms with Crippen molar-refractivity contribution in [3.8, 4) is 0 Å². The molecule has 2 aliphatic rings. The van der Waals surface area contributed by atoms with E-state index in [2.05, 4.69) is 10.6 Å². The summed E-state index contributed by atoms with van der Waals surface area (Å²) in [6, 6.07) is 3.34. The molecule has 170 valence electrons. The van der Waals surface area contributed by atoms with Gasteiger partial charge in [0.2, 0.25) is 5.91 Å². The maximum absolute atomic E-state index is 14.4. The number of carbonyl (C=O) groups excluding carboxylic acids is 2. The van der Waals surface area contributed by atoms with Gasteiger partial charge in [-0.25, -0.2) is 9.18 Å². The number of amides is 2. The van der Waals surface area contributed by atoms with Crippen molar-refractivity contribution >= 4 is 24.6 Å². The Labute approximate surface area is 182 Å². The van der Waals surface area contributed by atoms with Crippen LogP contribution in [-0.2, 0) is 16.0 Å². The predicted octanol–water partition coefficient (Wildman–Crippen LogP) is 0.498. The molecule has 1 aliphatic heterocycles. The van der Waals surface area contributed by atoms with Crippen molar-refractivity contribution in [1.82, 2.24) is 15.5 Å². The van der Waals surface area contributed by atoms with Gasteiger partial charge >= 0.3 is 13.2 Å². The number of hydrogen-bond acceptors (Lipinski definition) is 6. The highest BCUT2D eigenvalue weighted by molar-refractivity contribution is 6.58. The number of likely N-dealkylation sites (N-methyl/N-ethyl adjacent to an activating group) is 1. The second-order valence-electron chi connectivity index (χ2n) is 9.34. The highest BCUT2D eigenvalue weighted by Gasteiger charge is 2.52. The molecule has 2 amide bonds. The molecule has 1 saturated heterocycles. The lowest BCUT2D eigenvalue weighted by atomic mass is 9.80. The highest BCUT2D eigenvalue weighted by Crippen LogP contribution is 2.43. The Morgan fingerprint density at radius 1 is 1.32 bits per heavy atom. The zero-order valence-corrected chi connectivity index (χ0v) is 18.4. The van der Waals surface area contributed by atoms with E-state index >= 15 is 0 Å². The average Bonchev–Trinajstić information content (AvgIpc) is 3.28. The summed E-state index contributed by atoms with van der Waals surface area (Å²) in [7, 11) is -0.0961. The lowest BCUT2D eigenvalue weighted by Crippen LogP contribution is -2.57. The van der Waals surface area contributed by atoms with Crippen molar-refractivity contribution in [3.63, 3.8) is 0 Å². The summed E-state index contributed by atoms with van der Waals surface area (Å²) < 4.78 is 19.9. The van der Waals surface area contributed by atoms with E-state index in [0.29, 0.717) is 5.56 Å². The largest absolute Gasteiger partial charge is 0.488 e. The fourth-order valence-electron chi connectivity index (χ4n) is 4.49. The van der Waals surface area contributed by atoms with Crippen LogP contribution in [0.25, 0.3) is 0 Å².